The standard InChI is InChI=1S/C90H116N12O24S2/c1-6-54-38-53-45-87(3,76-58(28-33-102(48-53)79(54)115)57-21-14-15-22-62(57)96-76)60-42-59-66(44-69(60)124-5)100(4)83-89(59)30-34-101-32-16-29-88(7-2,82(89)101)84(120)90(83,123)70(106)47-94-86(122)125-35-36-127-128-49-56(80(116)117)41-68(105)65(43-75(111)112)97-78(114)61(91)46-93-77(113)55(37-51-17-10-8-11-18-51)40-67(104)64(39-52-19-12-9-13-20-52)95-72(108)27-31-92-71(107)24-23-63(81(118)119)98-85(121)99-73(126-50-103)25-26-74(109)110/h8-22,29,42,44,50,53-56,61,63-65,73,79,82-84,96,115,120,123H,6-7,23-28,30-41,43,45-49,91H2,1-5H3,(H,92,107)(H,93,113)(H,94,122)(H,95,108)(H,97,114)(H,109,110)(H,111,112)(H,116,117)(H,118,119)(H2,98,99,121)/t53?,54-,55-,56+,61+,63+,64+,65+,73-,79?,82+,83?,84-,87-,88-,89-,90+/m1/s1. The summed E-state index contributed by atoms with van der Waals surface area (Å²) < 4.78 is 16.6. The molecule has 1 aromatic heterocycles. The molecule has 2 bridgehead atoms. The molecule has 11 rings (SSSR count). The van der Waals surface area contributed by atoms with Crippen LogP contribution >= 0.6 is 21.6 Å². The topological polar surface area (TPSA) is 544 Å². The third kappa shape index (κ3) is 22.1. The number of para-hydroxylation sites is 1. The third-order valence-electron chi connectivity index (χ3n) is 26.3. The second-order valence-corrected chi connectivity index (χ2v) is 36.9. The predicted octanol–water partition coefficient (Wildman–Crippen LogP) is 3.99. The van der Waals surface area contributed by atoms with E-state index in [1.807, 2.05) is 49.2 Å². The normalized spacial score (nSPS) is 24.7. The Morgan fingerprint density at radius 1 is 0.711 bits per heavy atom. The summed E-state index contributed by atoms with van der Waals surface area (Å²) >= 11 is 0. The first-order valence-corrected chi connectivity index (χ1v) is 45.7. The van der Waals surface area contributed by atoms with Gasteiger partial charge in [0.25, 0.3) is 6.47 Å². The quantitative estimate of drug-likeness (QED) is 0.00861. The Bertz CT molecular complexity index is 4930. The number of aromatic nitrogens is 1. The van der Waals surface area contributed by atoms with E-state index in [-0.39, 0.29) is 74.7 Å². The molecule has 5 aromatic rings. The Hall–Kier alpha value is -11.0. The zero-order chi connectivity index (χ0) is 92.5. The highest BCUT2D eigenvalue weighted by Crippen LogP contribution is 2.68. The molecule has 0 radical (unpaired) electrons. The minimum atomic E-state index is -2.50. The highest BCUT2D eigenvalue weighted by molar-refractivity contribution is 8.76. The lowest BCUT2D eigenvalue weighted by molar-refractivity contribution is -0.201. The Balaban J connectivity index is 0.672. The number of aliphatic hydroxyl groups is 3. The van der Waals surface area contributed by atoms with E-state index in [1.54, 1.807) is 67.8 Å². The number of benzene rings is 4. The van der Waals surface area contributed by atoms with E-state index in [1.165, 1.54) is 5.56 Å². The number of anilines is 1. The lowest BCUT2D eigenvalue weighted by Crippen LogP contribution is -2.81. The van der Waals surface area contributed by atoms with Gasteiger partial charge < -0.3 is 103 Å². The summed E-state index contributed by atoms with van der Waals surface area (Å²) in [6, 6.07) is 20.8. The summed E-state index contributed by atoms with van der Waals surface area (Å²) in [5.74, 6) is -13.3. The summed E-state index contributed by atoms with van der Waals surface area (Å²) in [4.78, 5) is 193. The number of Topliss-reactive ketones (excluding diaryl/α,β-unsaturated/α-hetero) is 3. The van der Waals surface area contributed by atoms with Crippen LogP contribution in [0.15, 0.2) is 109 Å². The first kappa shape index (κ1) is 97.6. The number of carboxylic acid groups (broad SMARTS) is 4. The van der Waals surface area contributed by atoms with Crippen LogP contribution in [-0.4, -0.2) is 272 Å². The maximum atomic E-state index is 15.4. The number of aromatic amines is 1. The number of aliphatic hydroxyl groups excluding tert-OH is 2. The number of urea groups is 1. The number of H-pyrrole nitrogens is 1. The molecular weight excluding hydrogens is 1700 g/mol. The molecule has 4 unspecified atom stereocenters. The predicted molar refractivity (Wildman–Crippen MR) is 470 cm³/mol. The summed E-state index contributed by atoms with van der Waals surface area (Å²) in [5.41, 5.74) is 8.01. The number of hydrogen-bond acceptors (Lipinski definition) is 26. The molecule has 128 heavy (non-hydrogen) atoms. The van der Waals surface area contributed by atoms with Crippen molar-refractivity contribution in [3.8, 4) is 5.75 Å². The van der Waals surface area contributed by atoms with Gasteiger partial charge in [0.05, 0.1) is 50.5 Å². The van der Waals surface area contributed by atoms with Gasteiger partial charge in [-0.05, 0) is 117 Å². The number of likely N-dealkylation sites (N-methyl/N-ethyl adjacent to an activating group) is 1. The van der Waals surface area contributed by atoms with Crippen molar-refractivity contribution in [1.29, 1.82) is 0 Å². The fourth-order valence-corrected chi connectivity index (χ4v) is 22.3. The van der Waals surface area contributed by atoms with E-state index in [0.29, 0.717) is 68.7 Å². The number of carbonyl (C=O) groups is 14. The number of carbonyl (C=O) groups excluding carboxylic acids is 10. The van der Waals surface area contributed by atoms with E-state index in [2.05, 4.69) is 88.8 Å². The number of fused-ring (bicyclic) bond motifs is 6. The van der Waals surface area contributed by atoms with Crippen molar-refractivity contribution < 1.29 is 117 Å². The van der Waals surface area contributed by atoms with Crippen LogP contribution in [0.2, 0.25) is 0 Å². The molecule has 38 heteroatoms. The molecule has 36 nitrogen and oxygen atoms in total. The first-order valence-electron chi connectivity index (χ1n) is 43.2. The number of nitrogens with one attached hydrogen (secondary N) is 8. The Labute approximate surface area is 747 Å². The monoisotopic (exact) mass is 1810 g/mol. The van der Waals surface area contributed by atoms with E-state index < -0.39 is 211 Å². The number of nitrogens with zero attached hydrogens (tertiary/aromatic N) is 3. The number of methoxy groups -OCH3 is 1. The van der Waals surface area contributed by atoms with Crippen LogP contribution in [-0.2, 0) is 97.1 Å². The number of ether oxygens (including phenoxy) is 3. The Kier molecular flexibility index (Phi) is 33.1. The molecule has 5 aliphatic heterocycles. The molecule has 17 N–H and O–H groups in total. The highest BCUT2D eigenvalue weighted by Gasteiger charge is 2.78. The molecule has 4 aromatic carbocycles. The van der Waals surface area contributed by atoms with Gasteiger partial charge in [-0.2, -0.15) is 0 Å². The lowest BCUT2D eigenvalue weighted by Gasteiger charge is -2.63. The summed E-state index contributed by atoms with van der Waals surface area (Å²) in [6.45, 7) is 7.00. The zero-order valence-electron chi connectivity index (χ0n) is 72.2. The fraction of sp³-hybridized carbons (Fsp3) is 0.533. The van der Waals surface area contributed by atoms with Crippen molar-refractivity contribution in [1.82, 2.24) is 52.0 Å². The van der Waals surface area contributed by atoms with Crippen molar-refractivity contribution in [2.45, 2.75) is 195 Å². The second kappa shape index (κ2) is 43.4. The third-order valence-corrected chi connectivity index (χ3v) is 28.7. The van der Waals surface area contributed by atoms with Gasteiger partial charge in [0.15, 0.2) is 29.2 Å². The molecule has 692 valence electrons. The van der Waals surface area contributed by atoms with Gasteiger partial charge >= 0.3 is 36.0 Å². The van der Waals surface area contributed by atoms with Crippen molar-refractivity contribution in [3.63, 3.8) is 0 Å². The average Bonchev–Trinajstić information content (AvgIpc) is 1.47. The summed E-state index contributed by atoms with van der Waals surface area (Å²) in [6.07, 6.45) is -1.19. The van der Waals surface area contributed by atoms with Crippen LogP contribution < -0.4 is 52.6 Å². The molecule has 7 amide bonds. The highest BCUT2D eigenvalue weighted by atomic mass is 33.1. The molecule has 6 heterocycles. The SMILES string of the molecule is CC[C@@H]1CC2CN(CCc3c([nH]c4ccccc34)[C@@](C)(c3cc4c(cc3OC)N(C)C3[C@]45CCN4CC=C[C@@](CC)([C@@H](O)[C@]3(O)C(=O)CNC(=O)OCCSSC[C@H](CC(=O)[C@H](CC(=O)O)NC(=O)[C@@H](N)CNC(=O)[C@@H](CC(=O)[C@H](Cc3ccccc3)NC(=O)CCNC(=O)CC[C@H](NC(=O)N[C@@H](CCC(=O)O)OC=O)C(=O)O)Cc3ccccc3)C(=O)O)[C@H]45)C2)C1O. The Morgan fingerprint density at radius 3 is 2.08 bits per heavy atom. The number of amides is 7. The molecular formula is C90H116N12O24S2. The van der Waals surface area contributed by atoms with Gasteiger partial charge in [-0.25, -0.2) is 14.4 Å². The van der Waals surface area contributed by atoms with Gasteiger partial charge in [0.2, 0.25) is 23.6 Å². The average molecular weight is 1810 g/mol. The van der Waals surface area contributed by atoms with E-state index >= 15 is 4.79 Å². The zero-order valence-corrected chi connectivity index (χ0v) is 73.8. The van der Waals surface area contributed by atoms with Gasteiger partial charge in [-0.3, -0.25) is 62.5 Å². The molecule has 3 fully saturated rings. The molecule has 18 atom stereocenters. The minimum Gasteiger partial charge on any atom is -0.496 e. The first-order chi connectivity index (χ1) is 61.1. The smallest absolute Gasteiger partial charge is 0.407 e. The number of hydrogen-bond donors (Lipinski definition) is 16. The number of carboxylic acids is 4. The van der Waals surface area contributed by atoms with Gasteiger partial charge in [-0.1, -0.05) is 126 Å². The largest absolute Gasteiger partial charge is 0.496 e. The van der Waals surface area contributed by atoms with Crippen LogP contribution in [0.25, 0.3) is 10.9 Å². The van der Waals surface area contributed by atoms with Crippen LogP contribution in [0, 0.1) is 29.1 Å². The van der Waals surface area contributed by atoms with Gasteiger partial charge in [0, 0.05) is 146 Å². The molecule has 6 aliphatic rings. The molecule has 1 aliphatic carbocycles. The second-order valence-electron chi connectivity index (χ2n) is 34.3. The lowest BCUT2D eigenvalue weighted by atomic mass is 9.47. The molecule has 1 saturated carbocycles. The number of nitrogens with two attached hydrogens (primary N) is 1. The maximum Gasteiger partial charge on any atom is 0.407 e. The number of piperidine rings is 1. The van der Waals surface area contributed by atoms with Gasteiger partial charge in [-0.15, -0.1) is 0 Å². The number of aliphatic carboxylic acids is 4. The van der Waals surface area contributed by atoms with Gasteiger partial charge in [0.1, 0.15) is 36.8 Å². The number of rotatable bonds is 46. The number of ketones is 3. The number of alkyl carbamates (subject to hydrolysis) is 1. The van der Waals surface area contributed by atoms with E-state index in [0.717, 1.165) is 67.8 Å². The van der Waals surface area contributed by atoms with E-state index in [9.17, 15) is 93.0 Å². The molecule has 2 saturated heterocycles. The van der Waals surface area contributed by atoms with Crippen LogP contribution in [0.3, 0.4) is 0 Å². The van der Waals surface area contributed by atoms with Crippen LogP contribution in [0.4, 0.5) is 15.3 Å². The van der Waals surface area contributed by atoms with Crippen molar-refractivity contribution in [2.24, 2.45) is 34.8 Å². The van der Waals surface area contributed by atoms with Crippen molar-refractivity contribution >= 4 is 122 Å². The minimum absolute atomic E-state index is 0.0338. The summed E-state index contributed by atoms with van der Waals surface area (Å²) in [5, 5.41) is 95.2. The van der Waals surface area contributed by atoms with Crippen LogP contribution in [0.1, 0.15) is 138 Å². The summed E-state index contributed by atoms with van der Waals surface area (Å²) in [7, 11) is 5.56. The molecule has 1 spiro atoms. The van der Waals surface area contributed by atoms with Crippen molar-refractivity contribution in [2.75, 3.05) is 83.0 Å². The van der Waals surface area contributed by atoms with Crippen molar-refractivity contribution in [3.05, 3.63) is 143 Å². The Morgan fingerprint density at radius 2 is 1.41 bits per heavy atom. The van der Waals surface area contributed by atoms with E-state index in [4.69, 9.17) is 20.3 Å². The maximum absolute atomic E-state index is 15.4. The fourth-order valence-electron chi connectivity index (χ4n) is 20.1. The van der Waals surface area contributed by atoms with Crippen LogP contribution in [0.5, 0.6) is 5.75 Å².